The van der Waals surface area contributed by atoms with Gasteiger partial charge in [0.1, 0.15) is 4.21 Å². The number of nitrogens with zero attached hydrogens (tertiary/aromatic N) is 1. The highest BCUT2D eigenvalue weighted by Gasteiger charge is 2.28. The van der Waals surface area contributed by atoms with Crippen molar-refractivity contribution in [1.82, 2.24) is 14.3 Å². The van der Waals surface area contributed by atoms with Crippen molar-refractivity contribution in [1.29, 1.82) is 0 Å². The van der Waals surface area contributed by atoms with E-state index in [4.69, 9.17) is 0 Å². The second kappa shape index (κ2) is 9.15. The number of nitrogens with one attached hydrogen (secondary N) is 2. The van der Waals surface area contributed by atoms with E-state index < -0.39 is 20.0 Å². The lowest BCUT2D eigenvalue weighted by molar-refractivity contribution is 0.0710. The van der Waals surface area contributed by atoms with Crippen molar-refractivity contribution in [3.63, 3.8) is 0 Å². The smallest absolute Gasteiger partial charge is 0.254 e. The zero-order chi connectivity index (χ0) is 21.9. The SMILES string of the molecule is CCNS(=O)(=O)c1ccc(C)c(C(=O)N2CCC(NS(=O)(=O)c3cccs3)CC2)c1. The third-order valence-electron chi connectivity index (χ3n) is 4.95. The van der Waals surface area contributed by atoms with Gasteiger partial charge >= 0.3 is 0 Å². The molecule has 164 valence electrons. The van der Waals surface area contributed by atoms with E-state index in [1.54, 1.807) is 42.3 Å². The largest absolute Gasteiger partial charge is 0.339 e. The Hall–Kier alpha value is -1.79. The molecule has 0 radical (unpaired) electrons. The van der Waals surface area contributed by atoms with E-state index in [0.29, 0.717) is 37.1 Å². The summed E-state index contributed by atoms with van der Waals surface area (Å²) in [5.74, 6) is -0.249. The van der Waals surface area contributed by atoms with Crippen LogP contribution in [0.2, 0.25) is 0 Å². The van der Waals surface area contributed by atoms with Gasteiger partial charge in [-0.15, -0.1) is 11.3 Å². The molecule has 3 rings (SSSR count). The fourth-order valence-corrected chi connectivity index (χ4v) is 6.72. The zero-order valence-corrected chi connectivity index (χ0v) is 19.2. The van der Waals surface area contributed by atoms with Crippen LogP contribution in [0.4, 0.5) is 0 Å². The second-order valence-electron chi connectivity index (χ2n) is 7.10. The van der Waals surface area contributed by atoms with E-state index in [9.17, 15) is 21.6 Å². The van der Waals surface area contributed by atoms with Gasteiger partial charge in [-0.2, -0.15) is 0 Å². The van der Waals surface area contributed by atoms with Gasteiger partial charge in [-0.1, -0.05) is 19.1 Å². The summed E-state index contributed by atoms with van der Waals surface area (Å²) < 4.78 is 54.7. The molecule has 0 unspecified atom stereocenters. The van der Waals surface area contributed by atoms with E-state index in [2.05, 4.69) is 9.44 Å². The first-order valence-electron chi connectivity index (χ1n) is 9.59. The summed E-state index contributed by atoms with van der Waals surface area (Å²) in [4.78, 5) is 14.7. The van der Waals surface area contributed by atoms with Crippen molar-refractivity contribution in [3.05, 3.63) is 46.8 Å². The van der Waals surface area contributed by atoms with E-state index in [0.717, 1.165) is 11.3 Å². The summed E-state index contributed by atoms with van der Waals surface area (Å²) in [7, 11) is -7.21. The highest BCUT2D eigenvalue weighted by atomic mass is 32.2. The van der Waals surface area contributed by atoms with E-state index in [1.807, 2.05) is 0 Å². The van der Waals surface area contributed by atoms with Crippen molar-refractivity contribution >= 4 is 37.3 Å². The second-order valence-corrected chi connectivity index (χ2v) is 11.8. The molecule has 1 saturated heterocycles. The molecule has 1 fully saturated rings. The normalized spacial score (nSPS) is 16.0. The molecule has 2 aromatic rings. The van der Waals surface area contributed by atoms with Crippen LogP contribution in [0.5, 0.6) is 0 Å². The van der Waals surface area contributed by atoms with Gasteiger partial charge < -0.3 is 4.90 Å². The van der Waals surface area contributed by atoms with Crippen LogP contribution in [0.3, 0.4) is 0 Å². The summed E-state index contributed by atoms with van der Waals surface area (Å²) in [6, 6.07) is 7.51. The predicted octanol–water partition coefficient (Wildman–Crippen LogP) is 1.94. The Labute approximate surface area is 181 Å². The number of carbonyl (C=O) groups excluding carboxylic acids is 1. The van der Waals surface area contributed by atoms with Gasteiger partial charge in [0, 0.05) is 31.2 Å². The Morgan fingerprint density at radius 2 is 1.83 bits per heavy atom. The molecule has 0 bridgehead atoms. The molecule has 30 heavy (non-hydrogen) atoms. The minimum Gasteiger partial charge on any atom is -0.339 e. The molecule has 1 aliphatic rings. The molecule has 0 spiro atoms. The van der Waals surface area contributed by atoms with Crippen LogP contribution in [0.1, 0.15) is 35.7 Å². The van der Waals surface area contributed by atoms with Gasteiger partial charge in [0.05, 0.1) is 4.90 Å². The van der Waals surface area contributed by atoms with E-state index in [-0.39, 0.29) is 27.6 Å². The van der Waals surface area contributed by atoms with Crippen molar-refractivity contribution in [2.75, 3.05) is 19.6 Å². The minimum absolute atomic E-state index is 0.0527. The van der Waals surface area contributed by atoms with Crippen LogP contribution in [-0.4, -0.2) is 53.3 Å². The Morgan fingerprint density at radius 1 is 1.13 bits per heavy atom. The van der Waals surface area contributed by atoms with Gasteiger partial charge in [-0.25, -0.2) is 26.3 Å². The highest BCUT2D eigenvalue weighted by Crippen LogP contribution is 2.22. The Balaban J connectivity index is 1.68. The van der Waals surface area contributed by atoms with Gasteiger partial charge in [-0.05, 0) is 48.9 Å². The maximum Gasteiger partial charge on any atom is 0.254 e. The summed E-state index contributed by atoms with van der Waals surface area (Å²) in [6.07, 6.45) is 0.982. The third-order valence-corrected chi connectivity index (χ3v) is 9.41. The molecular formula is C19H25N3O5S3. The first-order valence-corrected chi connectivity index (χ1v) is 13.4. The first kappa shape index (κ1) is 22.9. The van der Waals surface area contributed by atoms with Crippen LogP contribution in [0, 0.1) is 6.92 Å². The first-order chi connectivity index (χ1) is 14.1. The summed E-state index contributed by atoms with van der Waals surface area (Å²) in [5.41, 5.74) is 1.03. The van der Waals surface area contributed by atoms with Crippen molar-refractivity contribution in [2.24, 2.45) is 0 Å². The fraction of sp³-hybridized carbons (Fsp3) is 0.421. The molecule has 1 amide bonds. The van der Waals surface area contributed by atoms with Crippen LogP contribution >= 0.6 is 11.3 Å². The van der Waals surface area contributed by atoms with Crippen molar-refractivity contribution < 1.29 is 21.6 Å². The summed E-state index contributed by atoms with van der Waals surface area (Å²) >= 11 is 1.16. The maximum absolute atomic E-state index is 13.0. The van der Waals surface area contributed by atoms with Crippen LogP contribution in [0.25, 0.3) is 0 Å². The highest BCUT2D eigenvalue weighted by molar-refractivity contribution is 7.91. The summed E-state index contributed by atoms with van der Waals surface area (Å²) in [5, 5.41) is 1.71. The van der Waals surface area contributed by atoms with Gasteiger partial charge in [0.2, 0.25) is 20.0 Å². The molecule has 0 aliphatic carbocycles. The Bertz CT molecular complexity index is 1100. The quantitative estimate of drug-likeness (QED) is 0.641. The van der Waals surface area contributed by atoms with E-state index in [1.165, 1.54) is 12.1 Å². The topological polar surface area (TPSA) is 113 Å². The van der Waals surface area contributed by atoms with Gasteiger partial charge in [0.15, 0.2) is 0 Å². The zero-order valence-electron chi connectivity index (χ0n) is 16.8. The molecule has 0 atom stereocenters. The van der Waals surface area contributed by atoms with Crippen molar-refractivity contribution in [3.8, 4) is 0 Å². The average Bonchev–Trinajstić information content (AvgIpc) is 3.24. The standard InChI is InChI=1S/C19H25N3O5S3/c1-3-20-29(24,25)16-7-6-14(2)17(13-16)19(23)22-10-8-15(9-11-22)21-30(26,27)18-5-4-12-28-18/h4-7,12-13,15,20-21H,3,8-11H2,1-2H3. The lowest BCUT2D eigenvalue weighted by atomic mass is 10.0. The molecule has 11 heteroatoms. The molecule has 1 aromatic heterocycles. The lowest BCUT2D eigenvalue weighted by Crippen LogP contribution is -2.46. The van der Waals surface area contributed by atoms with Crippen LogP contribution in [0.15, 0.2) is 44.8 Å². The number of hydrogen-bond donors (Lipinski definition) is 2. The molecule has 2 heterocycles. The predicted molar refractivity (Wildman–Crippen MR) is 116 cm³/mol. The Morgan fingerprint density at radius 3 is 2.43 bits per heavy atom. The summed E-state index contributed by atoms with van der Waals surface area (Å²) in [6.45, 7) is 4.49. The van der Waals surface area contributed by atoms with Gasteiger partial charge in [0.25, 0.3) is 5.91 Å². The monoisotopic (exact) mass is 471 g/mol. The molecule has 1 aromatic carbocycles. The van der Waals surface area contributed by atoms with Gasteiger partial charge in [-0.3, -0.25) is 4.79 Å². The number of sulfonamides is 2. The fourth-order valence-electron chi connectivity index (χ4n) is 3.34. The van der Waals surface area contributed by atoms with Crippen molar-refractivity contribution in [2.45, 2.75) is 41.8 Å². The number of rotatable bonds is 7. The number of hydrogen-bond acceptors (Lipinski definition) is 6. The molecule has 0 saturated carbocycles. The minimum atomic E-state index is -3.66. The van der Waals surface area contributed by atoms with E-state index >= 15 is 0 Å². The lowest BCUT2D eigenvalue weighted by Gasteiger charge is -2.32. The number of amides is 1. The number of piperidine rings is 1. The number of benzene rings is 1. The number of thiophene rings is 1. The third kappa shape index (κ3) is 5.09. The molecule has 8 nitrogen and oxygen atoms in total. The molecular weight excluding hydrogens is 446 g/mol. The molecule has 2 N–H and O–H groups in total. The number of aryl methyl sites for hydroxylation is 1. The average molecular weight is 472 g/mol. The number of carbonyl (C=O) groups is 1. The number of likely N-dealkylation sites (tertiary alicyclic amines) is 1. The Kier molecular flexibility index (Phi) is 6.98. The molecule has 1 aliphatic heterocycles. The maximum atomic E-state index is 13.0. The van der Waals surface area contributed by atoms with Crippen LogP contribution in [-0.2, 0) is 20.0 Å². The van der Waals surface area contributed by atoms with Crippen LogP contribution < -0.4 is 9.44 Å².